The predicted molar refractivity (Wildman–Crippen MR) is 157 cm³/mol. The van der Waals surface area contributed by atoms with E-state index >= 15 is 0 Å². The Hall–Kier alpha value is -5.07. The standard InChI is InChI=1S/C29H33N5O8/c1-4-42-26-10-6-21(18-25(26)34(38)39)29(35)32-15-13-31(14-16-32)22-7-8-24(33(36)37)23(19-22)30-12-11-20-5-9-27(40-2)28(17-20)41-3/h5-10,17-19,30H,4,11-16H2,1-3H3. The number of carbonyl (C=O) groups excluding carboxylic acids is 1. The van der Waals surface area contributed by atoms with Gasteiger partial charge in [0.1, 0.15) is 5.69 Å². The predicted octanol–water partition coefficient (Wildman–Crippen LogP) is 4.54. The molecule has 1 aliphatic rings. The number of carbonyl (C=O) groups is 1. The first-order valence-corrected chi connectivity index (χ1v) is 13.4. The molecule has 1 amide bonds. The summed E-state index contributed by atoms with van der Waals surface area (Å²) in [6.45, 7) is 4.22. The Labute approximate surface area is 242 Å². The number of rotatable bonds is 12. The Morgan fingerprint density at radius 3 is 2.19 bits per heavy atom. The maximum absolute atomic E-state index is 13.1. The Balaban J connectivity index is 1.41. The molecule has 0 radical (unpaired) electrons. The van der Waals surface area contributed by atoms with Crippen molar-refractivity contribution in [1.29, 1.82) is 0 Å². The molecule has 0 aliphatic carbocycles. The Kier molecular flexibility index (Phi) is 9.63. The van der Waals surface area contributed by atoms with Crippen LogP contribution in [0.15, 0.2) is 54.6 Å². The number of piperazine rings is 1. The molecule has 4 rings (SSSR count). The molecule has 0 aromatic heterocycles. The molecule has 0 atom stereocenters. The van der Waals surface area contributed by atoms with Gasteiger partial charge in [0, 0.05) is 56.1 Å². The van der Waals surface area contributed by atoms with Gasteiger partial charge in [0.05, 0.1) is 30.7 Å². The molecule has 1 N–H and O–H groups in total. The summed E-state index contributed by atoms with van der Waals surface area (Å²) >= 11 is 0. The molecule has 42 heavy (non-hydrogen) atoms. The number of methoxy groups -OCH3 is 2. The van der Waals surface area contributed by atoms with E-state index in [-0.39, 0.29) is 35.2 Å². The fourth-order valence-electron chi connectivity index (χ4n) is 4.82. The third-order valence-electron chi connectivity index (χ3n) is 6.99. The summed E-state index contributed by atoms with van der Waals surface area (Å²) in [5.41, 5.74) is 2.11. The smallest absolute Gasteiger partial charge is 0.311 e. The molecule has 3 aromatic carbocycles. The second-order valence-electron chi connectivity index (χ2n) is 9.48. The number of nitrogens with zero attached hydrogens (tertiary/aromatic N) is 4. The van der Waals surface area contributed by atoms with Gasteiger partial charge < -0.3 is 29.3 Å². The minimum Gasteiger partial charge on any atom is -0.493 e. The number of benzene rings is 3. The van der Waals surface area contributed by atoms with E-state index in [1.165, 1.54) is 24.3 Å². The second kappa shape index (κ2) is 13.5. The van der Waals surface area contributed by atoms with Crippen molar-refractivity contribution in [2.45, 2.75) is 13.3 Å². The summed E-state index contributed by atoms with van der Waals surface area (Å²) in [5.74, 6) is 1.05. The first-order valence-electron chi connectivity index (χ1n) is 13.4. The Morgan fingerprint density at radius 2 is 1.55 bits per heavy atom. The summed E-state index contributed by atoms with van der Waals surface area (Å²) in [6, 6.07) is 14.8. The van der Waals surface area contributed by atoms with Crippen molar-refractivity contribution in [2.75, 3.05) is 63.8 Å². The lowest BCUT2D eigenvalue weighted by molar-refractivity contribution is -0.385. The van der Waals surface area contributed by atoms with E-state index < -0.39 is 9.85 Å². The van der Waals surface area contributed by atoms with Crippen LogP contribution in [0.25, 0.3) is 0 Å². The van der Waals surface area contributed by atoms with E-state index in [0.29, 0.717) is 56.3 Å². The van der Waals surface area contributed by atoms with Crippen molar-refractivity contribution in [3.8, 4) is 17.2 Å². The van der Waals surface area contributed by atoms with Crippen LogP contribution in [0.2, 0.25) is 0 Å². The van der Waals surface area contributed by atoms with Gasteiger partial charge in [-0.15, -0.1) is 0 Å². The van der Waals surface area contributed by atoms with Gasteiger partial charge in [0.15, 0.2) is 17.2 Å². The largest absolute Gasteiger partial charge is 0.493 e. The lowest BCUT2D eigenvalue weighted by Crippen LogP contribution is -2.48. The van der Waals surface area contributed by atoms with Crippen LogP contribution >= 0.6 is 0 Å². The zero-order valence-electron chi connectivity index (χ0n) is 23.7. The number of nitro groups is 2. The van der Waals surface area contributed by atoms with Crippen LogP contribution in [0.3, 0.4) is 0 Å². The van der Waals surface area contributed by atoms with Gasteiger partial charge in [-0.3, -0.25) is 25.0 Å². The van der Waals surface area contributed by atoms with Crippen molar-refractivity contribution in [3.05, 3.63) is 86.0 Å². The monoisotopic (exact) mass is 579 g/mol. The average molecular weight is 580 g/mol. The number of ether oxygens (including phenoxy) is 3. The summed E-state index contributed by atoms with van der Waals surface area (Å²) in [6.07, 6.45) is 0.603. The van der Waals surface area contributed by atoms with Crippen molar-refractivity contribution in [3.63, 3.8) is 0 Å². The summed E-state index contributed by atoms with van der Waals surface area (Å²) in [5, 5.41) is 26.4. The van der Waals surface area contributed by atoms with Gasteiger partial charge in [0.2, 0.25) is 0 Å². The quantitative estimate of drug-likeness (QED) is 0.239. The molecule has 1 aliphatic heterocycles. The topological polar surface area (TPSA) is 150 Å². The van der Waals surface area contributed by atoms with Crippen molar-refractivity contribution in [2.24, 2.45) is 0 Å². The van der Waals surface area contributed by atoms with E-state index in [1.54, 1.807) is 38.2 Å². The molecule has 1 fully saturated rings. The molecule has 0 spiro atoms. The van der Waals surface area contributed by atoms with Gasteiger partial charge in [-0.1, -0.05) is 6.07 Å². The van der Waals surface area contributed by atoms with Gasteiger partial charge in [-0.2, -0.15) is 0 Å². The van der Waals surface area contributed by atoms with Crippen LogP contribution in [-0.4, -0.2) is 74.2 Å². The molecule has 0 saturated carbocycles. The highest BCUT2D eigenvalue weighted by Gasteiger charge is 2.26. The van der Waals surface area contributed by atoms with E-state index in [0.717, 1.165) is 11.3 Å². The van der Waals surface area contributed by atoms with E-state index in [2.05, 4.69) is 5.32 Å². The van der Waals surface area contributed by atoms with Crippen molar-refractivity contribution < 1.29 is 28.9 Å². The van der Waals surface area contributed by atoms with Gasteiger partial charge in [-0.05, 0) is 55.3 Å². The van der Waals surface area contributed by atoms with Crippen LogP contribution in [-0.2, 0) is 6.42 Å². The zero-order valence-corrected chi connectivity index (χ0v) is 23.7. The third kappa shape index (κ3) is 6.79. The van der Waals surface area contributed by atoms with Crippen molar-refractivity contribution >= 4 is 28.7 Å². The second-order valence-corrected chi connectivity index (χ2v) is 9.48. The highest BCUT2D eigenvalue weighted by molar-refractivity contribution is 5.95. The fraction of sp³-hybridized carbons (Fsp3) is 0.345. The molecular formula is C29H33N5O8. The average Bonchev–Trinajstić information content (AvgIpc) is 3.00. The number of anilines is 2. The van der Waals surface area contributed by atoms with Crippen LogP contribution in [0, 0.1) is 20.2 Å². The molecule has 13 heteroatoms. The molecule has 0 bridgehead atoms. The molecule has 222 valence electrons. The Morgan fingerprint density at radius 1 is 0.857 bits per heavy atom. The number of hydrogen-bond acceptors (Lipinski definition) is 10. The zero-order chi connectivity index (χ0) is 30.2. The van der Waals surface area contributed by atoms with E-state index in [4.69, 9.17) is 14.2 Å². The lowest BCUT2D eigenvalue weighted by atomic mass is 10.1. The fourth-order valence-corrected chi connectivity index (χ4v) is 4.82. The van der Waals surface area contributed by atoms with Crippen LogP contribution in [0.5, 0.6) is 17.2 Å². The number of hydrogen-bond donors (Lipinski definition) is 1. The number of amides is 1. The molecule has 0 unspecified atom stereocenters. The third-order valence-corrected chi connectivity index (χ3v) is 6.99. The first-order chi connectivity index (χ1) is 20.2. The maximum Gasteiger partial charge on any atom is 0.311 e. The highest BCUT2D eigenvalue weighted by atomic mass is 16.6. The van der Waals surface area contributed by atoms with Gasteiger partial charge in [-0.25, -0.2) is 0 Å². The summed E-state index contributed by atoms with van der Waals surface area (Å²) < 4.78 is 15.9. The molecule has 1 saturated heterocycles. The maximum atomic E-state index is 13.1. The van der Waals surface area contributed by atoms with Gasteiger partial charge >= 0.3 is 5.69 Å². The van der Waals surface area contributed by atoms with Crippen LogP contribution in [0.1, 0.15) is 22.8 Å². The molecular weight excluding hydrogens is 546 g/mol. The number of nitrogens with one attached hydrogen (secondary N) is 1. The summed E-state index contributed by atoms with van der Waals surface area (Å²) in [4.78, 5) is 39.0. The minimum atomic E-state index is -0.562. The lowest BCUT2D eigenvalue weighted by Gasteiger charge is -2.36. The summed E-state index contributed by atoms with van der Waals surface area (Å²) in [7, 11) is 3.13. The van der Waals surface area contributed by atoms with E-state index in [9.17, 15) is 25.0 Å². The van der Waals surface area contributed by atoms with Crippen LogP contribution < -0.4 is 24.4 Å². The first kappa shape index (κ1) is 29.9. The molecule has 13 nitrogen and oxygen atoms in total. The molecule has 1 heterocycles. The van der Waals surface area contributed by atoms with Crippen LogP contribution in [0.4, 0.5) is 22.7 Å². The Bertz CT molecular complexity index is 1460. The van der Waals surface area contributed by atoms with E-state index in [1.807, 2.05) is 23.1 Å². The van der Waals surface area contributed by atoms with Gasteiger partial charge in [0.25, 0.3) is 11.6 Å². The van der Waals surface area contributed by atoms with Crippen molar-refractivity contribution in [1.82, 2.24) is 4.90 Å². The highest BCUT2D eigenvalue weighted by Crippen LogP contribution is 2.32. The minimum absolute atomic E-state index is 0.0306. The number of nitro benzene ring substituents is 2. The SMILES string of the molecule is CCOc1ccc(C(=O)N2CCN(c3ccc([N+](=O)[O-])c(NCCc4ccc(OC)c(OC)c4)c3)CC2)cc1[N+](=O)[O-]. The normalized spacial score (nSPS) is 12.9. The molecule has 3 aromatic rings.